The maximum absolute atomic E-state index is 4.48. The van der Waals surface area contributed by atoms with Crippen LogP contribution in [-0.2, 0) is 18.3 Å². The third-order valence-electron chi connectivity index (χ3n) is 4.76. The number of nitrogens with zero attached hydrogens (tertiary/aromatic N) is 1. The average molecular weight is 235 g/mol. The van der Waals surface area contributed by atoms with Gasteiger partial charge in [0, 0.05) is 11.8 Å². The van der Waals surface area contributed by atoms with Gasteiger partial charge < -0.3 is 0 Å². The molecule has 1 heteroatoms. The van der Waals surface area contributed by atoms with Gasteiger partial charge in [-0.25, -0.2) is 0 Å². The van der Waals surface area contributed by atoms with Crippen LogP contribution in [0.25, 0.3) is 11.3 Å². The van der Waals surface area contributed by atoms with Gasteiger partial charge in [0.25, 0.3) is 0 Å². The van der Waals surface area contributed by atoms with Crippen molar-refractivity contribution in [3.05, 3.63) is 53.2 Å². The van der Waals surface area contributed by atoms with Gasteiger partial charge in [0.05, 0.1) is 5.69 Å². The topological polar surface area (TPSA) is 12.9 Å². The van der Waals surface area contributed by atoms with Gasteiger partial charge in [-0.3, -0.25) is 4.98 Å². The molecule has 90 valence electrons. The quantitative estimate of drug-likeness (QED) is 0.730. The largest absolute Gasteiger partial charge is 0.256 e. The summed E-state index contributed by atoms with van der Waals surface area (Å²) in [5.41, 5.74) is 7.71. The second-order valence-corrected chi connectivity index (χ2v) is 5.95. The minimum absolute atomic E-state index is 0.479. The van der Waals surface area contributed by atoms with Crippen molar-refractivity contribution in [2.24, 2.45) is 0 Å². The fourth-order valence-electron chi connectivity index (χ4n) is 3.81. The Hall–Kier alpha value is -1.63. The highest BCUT2D eigenvalue weighted by Crippen LogP contribution is 2.49. The van der Waals surface area contributed by atoms with Gasteiger partial charge in [0.1, 0.15) is 0 Å². The van der Waals surface area contributed by atoms with E-state index in [1.54, 1.807) is 16.7 Å². The van der Waals surface area contributed by atoms with Gasteiger partial charge >= 0.3 is 0 Å². The summed E-state index contributed by atoms with van der Waals surface area (Å²) in [4.78, 5) is 4.48. The zero-order valence-corrected chi connectivity index (χ0v) is 10.7. The Labute approximate surface area is 108 Å². The van der Waals surface area contributed by atoms with E-state index in [1.165, 1.54) is 31.2 Å². The standard InChI is InChI=1S/C17H17N/c1-17-7-5-12-10-14(15-4-2-3-9-18-15)11-13(6-8-17)16(12)17/h2-4,9-11H,5-8H2,1H3. The van der Waals surface area contributed by atoms with Crippen molar-refractivity contribution in [2.75, 3.05) is 0 Å². The highest BCUT2D eigenvalue weighted by molar-refractivity contribution is 5.65. The monoisotopic (exact) mass is 235 g/mol. The summed E-state index contributed by atoms with van der Waals surface area (Å²) in [6.45, 7) is 2.44. The van der Waals surface area contributed by atoms with E-state index in [0.29, 0.717) is 5.41 Å². The van der Waals surface area contributed by atoms with Crippen LogP contribution >= 0.6 is 0 Å². The van der Waals surface area contributed by atoms with Crippen LogP contribution in [0.5, 0.6) is 0 Å². The molecule has 2 aliphatic rings. The van der Waals surface area contributed by atoms with Gasteiger partial charge in [-0.2, -0.15) is 0 Å². The van der Waals surface area contributed by atoms with Crippen molar-refractivity contribution in [1.82, 2.24) is 4.98 Å². The summed E-state index contributed by atoms with van der Waals surface area (Å²) in [6, 6.07) is 10.9. The van der Waals surface area contributed by atoms with Crippen molar-refractivity contribution in [3.63, 3.8) is 0 Å². The van der Waals surface area contributed by atoms with E-state index in [2.05, 4.69) is 36.2 Å². The number of rotatable bonds is 1. The molecule has 0 saturated carbocycles. The lowest BCUT2D eigenvalue weighted by atomic mass is 9.85. The first kappa shape index (κ1) is 10.3. The predicted molar refractivity (Wildman–Crippen MR) is 73.7 cm³/mol. The highest BCUT2D eigenvalue weighted by Gasteiger charge is 2.40. The Morgan fingerprint density at radius 3 is 2.39 bits per heavy atom. The number of benzene rings is 1. The lowest BCUT2D eigenvalue weighted by molar-refractivity contribution is 0.463. The van der Waals surface area contributed by atoms with E-state index in [0.717, 1.165) is 5.69 Å². The Kier molecular flexibility index (Phi) is 1.97. The zero-order valence-electron chi connectivity index (χ0n) is 10.7. The fourth-order valence-corrected chi connectivity index (χ4v) is 3.81. The van der Waals surface area contributed by atoms with Gasteiger partial charge in [-0.05, 0) is 72.1 Å². The molecule has 2 aliphatic carbocycles. The minimum atomic E-state index is 0.479. The number of aryl methyl sites for hydroxylation is 2. The normalized spacial score (nSPS) is 18.9. The molecule has 1 aromatic carbocycles. The molecule has 1 heterocycles. The SMILES string of the molecule is CC12CCc3cc(-c4ccccn4)cc(c31)CC2. The van der Waals surface area contributed by atoms with Crippen LogP contribution in [0.15, 0.2) is 36.5 Å². The van der Waals surface area contributed by atoms with Crippen LogP contribution in [0.1, 0.15) is 36.5 Å². The maximum atomic E-state index is 4.48. The number of hydrogen-bond donors (Lipinski definition) is 0. The Balaban J connectivity index is 1.91. The summed E-state index contributed by atoms with van der Waals surface area (Å²) in [5.74, 6) is 0. The zero-order chi connectivity index (χ0) is 12.2. The Morgan fingerprint density at radius 1 is 1.06 bits per heavy atom. The lowest BCUT2D eigenvalue weighted by Crippen LogP contribution is -2.12. The first-order valence-corrected chi connectivity index (χ1v) is 6.84. The van der Waals surface area contributed by atoms with Gasteiger partial charge in [0.15, 0.2) is 0 Å². The first-order chi connectivity index (χ1) is 8.76. The summed E-state index contributed by atoms with van der Waals surface area (Å²) < 4.78 is 0. The summed E-state index contributed by atoms with van der Waals surface area (Å²) in [6.07, 6.45) is 7.05. The molecule has 0 bridgehead atoms. The molecule has 0 spiro atoms. The van der Waals surface area contributed by atoms with E-state index < -0.39 is 0 Å². The van der Waals surface area contributed by atoms with E-state index in [4.69, 9.17) is 0 Å². The van der Waals surface area contributed by atoms with Crippen LogP contribution < -0.4 is 0 Å². The third kappa shape index (κ3) is 1.30. The van der Waals surface area contributed by atoms with E-state index >= 15 is 0 Å². The van der Waals surface area contributed by atoms with E-state index in [1.807, 2.05) is 12.3 Å². The molecule has 0 atom stereocenters. The smallest absolute Gasteiger partial charge is 0.0702 e. The van der Waals surface area contributed by atoms with Crippen molar-refractivity contribution in [3.8, 4) is 11.3 Å². The molecular formula is C17H17N. The fraction of sp³-hybridized carbons (Fsp3) is 0.353. The summed E-state index contributed by atoms with van der Waals surface area (Å²) >= 11 is 0. The molecule has 0 saturated heterocycles. The average Bonchev–Trinajstić information content (AvgIpc) is 2.92. The summed E-state index contributed by atoms with van der Waals surface area (Å²) in [5, 5.41) is 0. The molecule has 0 N–H and O–H groups in total. The molecular weight excluding hydrogens is 218 g/mol. The minimum Gasteiger partial charge on any atom is -0.256 e. The lowest BCUT2D eigenvalue weighted by Gasteiger charge is -2.18. The van der Waals surface area contributed by atoms with E-state index in [-0.39, 0.29) is 0 Å². The van der Waals surface area contributed by atoms with Crippen molar-refractivity contribution < 1.29 is 0 Å². The van der Waals surface area contributed by atoms with Gasteiger partial charge in [0.2, 0.25) is 0 Å². The third-order valence-corrected chi connectivity index (χ3v) is 4.76. The predicted octanol–water partition coefficient (Wildman–Crippen LogP) is 3.90. The van der Waals surface area contributed by atoms with Gasteiger partial charge in [-0.1, -0.05) is 13.0 Å². The summed E-state index contributed by atoms with van der Waals surface area (Å²) in [7, 11) is 0. The van der Waals surface area contributed by atoms with Crippen LogP contribution in [0, 0.1) is 0 Å². The molecule has 18 heavy (non-hydrogen) atoms. The van der Waals surface area contributed by atoms with Crippen molar-refractivity contribution in [2.45, 2.75) is 38.0 Å². The van der Waals surface area contributed by atoms with Crippen LogP contribution in [0.4, 0.5) is 0 Å². The molecule has 0 unspecified atom stereocenters. The van der Waals surface area contributed by atoms with Gasteiger partial charge in [-0.15, -0.1) is 0 Å². The van der Waals surface area contributed by atoms with Crippen molar-refractivity contribution in [1.29, 1.82) is 0 Å². The number of pyridine rings is 1. The Bertz CT molecular complexity index is 584. The molecule has 0 amide bonds. The number of hydrogen-bond acceptors (Lipinski definition) is 1. The van der Waals surface area contributed by atoms with E-state index in [9.17, 15) is 0 Å². The molecule has 4 rings (SSSR count). The molecule has 0 fully saturated rings. The molecule has 1 nitrogen and oxygen atoms in total. The molecule has 0 aliphatic heterocycles. The molecule has 2 aromatic rings. The first-order valence-electron chi connectivity index (χ1n) is 6.84. The Morgan fingerprint density at radius 2 is 1.78 bits per heavy atom. The number of aromatic nitrogens is 1. The van der Waals surface area contributed by atoms with Crippen LogP contribution in [0.2, 0.25) is 0 Å². The van der Waals surface area contributed by atoms with Crippen LogP contribution in [-0.4, -0.2) is 4.98 Å². The van der Waals surface area contributed by atoms with Crippen LogP contribution in [0.3, 0.4) is 0 Å². The second kappa shape index (κ2) is 3.44. The molecule has 1 aromatic heterocycles. The second-order valence-electron chi connectivity index (χ2n) is 5.95. The molecule has 0 radical (unpaired) electrons. The highest BCUT2D eigenvalue weighted by atomic mass is 14.7. The van der Waals surface area contributed by atoms with Crippen molar-refractivity contribution >= 4 is 0 Å². The maximum Gasteiger partial charge on any atom is 0.0702 e.